The lowest BCUT2D eigenvalue weighted by Crippen LogP contribution is -2.46. The molecule has 0 amide bonds. The van der Waals surface area contributed by atoms with Gasteiger partial charge in [-0.05, 0) is 92.6 Å². The van der Waals surface area contributed by atoms with Crippen LogP contribution in [0.25, 0.3) is 11.1 Å². The van der Waals surface area contributed by atoms with Gasteiger partial charge in [0.05, 0.1) is 24.4 Å². The summed E-state index contributed by atoms with van der Waals surface area (Å²) in [6.07, 6.45) is -0.657. The molecular weight excluding hydrogens is 493 g/mol. The number of nitrogens with one attached hydrogen (secondary N) is 1. The van der Waals surface area contributed by atoms with Crippen LogP contribution < -0.4 is 5.32 Å². The molecule has 5 nitrogen and oxygen atoms in total. The minimum Gasteiger partial charge on any atom is -0.478 e. The minimum atomic E-state index is -0.951. The lowest BCUT2D eigenvalue weighted by molar-refractivity contribution is -0.00398. The Hall–Kier alpha value is -2.77. The van der Waals surface area contributed by atoms with Gasteiger partial charge in [0.2, 0.25) is 0 Å². The first kappa shape index (κ1) is 28.8. The highest BCUT2D eigenvalue weighted by Crippen LogP contribution is 2.31. The number of halogens is 2. The SMILES string of the molecule is Cc1cc(F)c(CC(C)(C)NC[C@@H](O)CO[C@H](C)c2ccccc2-c2ccc(C(=O)O)c(C)c2)cc1Cl. The Balaban J connectivity index is 1.60. The maximum absolute atomic E-state index is 14.4. The monoisotopic (exact) mass is 527 g/mol. The van der Waals surface area contributed by atoms with Gasteiger partial charge in [-0.1, -0.05) is 48.0 Å². The fourth-order valence-electron chi connectivity index (χ4n) is 4.35. The van der Waals surface area contributed by atoms with Gasteiger partial charge in [0, 0.05) is 17.1 Å². The van der Waals surface area contributed by atoms with Gasteiger partial charge in [-0.15, -0.1) is 0 Å². The zero-order valence-corrected chi connectivity index (χ0v) is 22.7. The highest BCUT2D eigenvalue weighted by Gasteiger charge is 2.22. The maximum atomic E-state index is 14.4. The number of ether oxygens (including phenoxy) is 1. The highest BCUT2D eigenvalue weighted by molar-refractivity contribution is 6.31. The first-order valence-corrected chi connectivity index (χ1v) is 12.7. The average molecular weight is 528 g/mol. The number of aliphatic hydroxyl groups is 1. The third-order valence-electron chi connectivity index (χ3n) is 6.48. The van der Waals surface area contributed by atoms with Crippen molar-refractivity contribution in [3.8, 4) is 11.1 Å². The van der Waals surface area contributed by atoms with Crippen LogP contribution in [-0.2, 0) is 11.2 Å². The van der Waals surface area contributed by atoms with Crippen LogP contribution in [0.3, 0.4) is 0 Å². The van der Waals surface area contributed by atoms with Crippen LogP contribution in [-0.4, -0.2) is 41.0 Å². The van der Waals surface area contributed by atoms with Crippen molar-refractivity contribution in [2.45, 2.75) is 58.8 Å². The van der Waals surface area contributed by atoms with Crippen molar-refractivity contribution in [1.29, 1.82) is 0 Å². The number of aromatic carboxylic acids is 1. The van der Waals surface area contributed by atoms with Crippen LogP contribution in [0.2, 0.25) is 5.02 Å². The molecule has 0 radical (unpaired) electrons. The van der Waals surface area contributed by atoms with Crippen molar-refractivity contribution in [3.05, 3.63) is 93.3 Å². The molecule has 0 spiro atoms. The topological polar surface area (TPSA) is 78.8 Å². The molecule has 0 aromatic heterocycles. The normalized spacial score (nSPS) is 13.4. The summed E-state index contributed by atoms with van der Waals surface area (Å²) in [5, 5.41) is 23.7. The van der Waals surface area contributed by atoms with E-state index in [2.05, 4.69) is 5.32 Å². The largest absolute Gasteiger partial charge is 0.478 e. The molecule has 0 bridgehead atoms. The summed E-state index contributed by atoms with van der Waals surface area (Å²) >= 11 is 6.17. The van der Waals surface area contributed by atoms with E-state index in [1.165, 1.54) is 6.07 Å². The van der Waals surface area contributed by atoms with E-state index in [1.807, 2.05) is 51.1 Å². The number of aryl methyl sites for hydroxylation is 2. The van der Waals surface area contributed by atoms with Gasteiger partial charge in [0.15, 0.2) is 0 Å². The molecule has 3 aromatic rings. The number of carboxylic acid groups (broad SMARTS) is 1. The van der Waals surface area contributed by atoms with Gasteiger partial charge in [-0.3, -0.25) is 0 Å². The van der Waals surface area contributed by atoms with Crippen LogP contribution in [0.5, 0.6) is 0 Å². The summed E-state index contributed by atoms with van der Waals surface area (Å²) in [5.74, 6) is -1.24. The molecule has 7 heteroatoms. The summed E-state index contributed by atoms with van der Waals surface area (Å²) in [6.45, 7) is 9.76. The van der Waals surface area contributed by atoms with Crippen molar-refractivity contribution < 1.29 is 24.1 Å². The van der Waals surface area contributed by atoms with Crippen molar-refractivity contribution in [2.75, 3.05) is 13.2 Å². The molecule has 0 aliphatic heterocycles. The number of β-amino-alcohol motifs (C(OH)–C–C–N with tert-alkyl or cyclic N) is 1. The summed E-state index contributed by atoms with van der Waals surface area (Å²) < 4.78 is 20.4. The molecule has 0 saturated heterocycles. The van der Waals surface area contributed by atoms with Crippen LogP contribution >= 0.6 is 11.6 Å². The number of rotatable bonds is 11. The lowest BCUT2D eigenvalue weighted by Gasteiger charge is -2.29. The Kier molecular flexibility index (Phi) is 9.48. The van der Waals surface area contributed by atoms with Gasteiger partial charge >= 0.3 is 5.97 Å². The molecule has 3 N–H and O–H groups in total. The smallest absolute Gasteiger partial charge is 0.335 e. The molecule has 0 aliphatic carbocycles. The van der Waals surface area contributed by atoms with Crippen LogP contribution in [0.1, 0.15) is 59.5 Å². The highest BCUT2D eigenvalue weighted by atomic mass is 35.5. The van der Waals surface area contributed by atoms with E-state index >= 15 is 0 Å². The van der Waals surface area contributed by atoms with Crippen molar-refractivity contribution in [2.24, 2.45) is 0 Å². The predicted molar refractivity (Wildman–Crippen MR) is 146 cm³/mol. The maximum Gasteiger partial charge on any atom is 0.335 e. The number of hydrogen-bond donors (Lipinski definition) is 3. The Morgan fingerprint density at radius 1 is 1.11 bits per heavy atom. The first-order valence-electron chi connectivity index (χ1n) is 12.3. The van der Waals surface area contributed by atoms with Gasteiger partial charge in [-0.25, -0.2) is 9.18 Å². The molecule has 3 aromatic carbocycles. The lowest BCUT2D eigenvalue weighted by atomic mass is 9.93. The second-order valence-electron chi connectivity index (χ2n) is 10.2. The minimum absolute atomic E-state index is 0.111. The molecular formula is C30H35ClFNO4. The van der Waals surface area contributed by atoms with E-state index in [4.69, 9.17) is 16.3 Å². The second kappa shape index (κ2) is 12.2. The molecule has 3 rings (SSSR count). The van der Waals surface area contributed by atoms with Gasteiger partial charge in [0.25, 0.3) is 0 Å². The summed E-state index contributed by atoms with van der Waals surface area (Å²) in [5.41, 5.74) is 4.50. The number of carbonyl (C=O) groups is 1. The molecule has 0 unspecified atom stereocenters. The molecule has 0 heterocycles. The standard InChI is InChI=1S/C30H35ClFNO4/c1-18-12-21(10-11-24(18)29(35)36)26-9-7-6-8-25(26)20(3)37-17-23(34)16-33-30(4,5)15-22-14-27(31)19(2)13-28(22)32/h6-14,20,23,33-34H,15-17H2,1-5H3,(H,35,36)/t20-,23-/m1/s1. The van der Waals surface area contributed by atoms with Crippen molar-refractivity contribution in [3.63, 3.8) is 0 Å². The van der Waals surface area contributed by atoms with E-state index in [9.17, 15) is 19.4 Å². The molecule has 37 heavy (non-hydrogen) atoms. The Morgan fingerprint density at radius 3 is 2.49 bits per heavy atom. The van der Waals surface area contributed by atoms with E-state index in [0.717, 1.165) is 16.7 Å². The Bertz CT molecular complexity index is 1260. The van der Waals surface area contributed by atoms with E-state index in [0.29, 0.717) is 28.1 Å². The van der Waals surface area contributed by atoms with E-state index < -0.39 is 17.6 Å². The Morgan fingerprint density at radius 2 is 1.81 bits per heavy atom. The Labute approximate surface area is 223 Å². The van der Waals surface area contributed by atoms with Gasteiger partial charge in [-0.2, -0.15) is 0 Å². The fraction of sp³-hybridized carbons (Fsp3) is 0.367. The molecule has 0 fully saturated rings. The third kappa shape index (κ3) is 7.62. The predicted octanol–water partition coefficient (Wildman–Crippen LogP) is 6.51. The average Bonchev–Trinajstić information content (AvgIpc) is 2.84. The van der Waals surface area contributed by atoms with Crippen LogP contribution in [0, 0.1) is 19.7 Å². The fourth-order valence-corrected chi connectivity index (χ4v) is 4.53. The van der Waals surface area contributed by atoms with Crippen molar-refractivity contribution >= 4 is 17.6 Å². The van der Waals surface area contributed by atoms with E-state index in [1.54, 1.807) is 32.0 Å². The zero-order chi connectivity index (χ0) is 27.3. The summed E-state index contributed by atoms with van der Waals surface area (Å²) in [7, 11) is 0. The van der Waals surface area contributed by atoms with Gasteiger partial charge in [0.1, 0.15) is 5.82 Å². The quantitative estimate of drug-likeness (QED) is 0.265. The summed E-state index contributed by atoms with van der Waals surface area (Å²) in [4.78, 5) is 11.4. The molecule has 0 aliphatic rings. The first-order chi connectivity index (χ1) is 17.4. The zero-order valence-electron chi connectivity index (χ0n) is 21.9. The molecule has 2 atom stereocenters. The van der Waals surface area contributed by atoms with Crippen LogP contribution in [0.4, 0.5) is 4.39 Å². The van der Waals surface area contributed by atoms with E-state index in [-0.39, 0.29) is 30.6 Å². The molecule has 198 valence electrons. The third-order valence-corrected chi connectivity index (χ3v) is 6.89. The number of carboxylic acids is 1. The number of aliphatic hydroxyl groups excluding tert-OH is 1. The molecule has 0 saturated carbocycles. The number of benzene rings is 3. The number of hydrogen-bond acceptors (Lipinski definition) is 4. The van der Waals surface area contributed by atoms with Gasteiger partial charge < -0.3 is 20.3 Å². The second-order valence-corrected chi connectivity index (χ2v) is 10.6. The van der Waals surface area contributed by atoms with Crippen LogP contribution in [0.15, 0.2) is 54.6 Å². The van der Waals surface area contributed by atoms with Crippen molar-refractivity contribution in [1.82, 2.24) is 5.32 Å². The summed E-state index contributed by atoms with van der Waals surface area (Å²) in [6, 6.07) is 16.2.